The Morgan fingerprint density at radius 1 is 1.36 bits per heavy atom. The van der Waals surface area contributed by atoms with Crippen molar-refractivity contribution in [3.8, 4) is 0 Å². The lowest BCUT2D eigenvalue weighted by Crippen LogP contribution is -2.47. The third-order valence-corrected chi connectivity index (χ3v) is 4.20. The Morgan fingerprint density at radius 3 is 2.96 bits per heavy atom. The molecule has 2 N–H and O–H groups in total. The minimum Gasteiger partial charge on any atom is -0.467 e. The van der Waals surface area contributed by atoms with Gasteiger partial charge >= 0.3 is 6.03 Å². The van der Waals surface area contributed by atoms with Crippen LogP contribution >= 0.6 is 0 Å². The number of anilines is 1. The summed E-state index contributed by atoms with van der Waals surface area (Å²) in [6.07, 6.45) is 2.84. The Balaban J connectivity index is 1.63. The first-order valence-corrected chi connectivity index (χ1v) is 8.18. The van der Waals surface area contributed by atoms with Gasteiger partial charge in [0.15, 0.2) is 0 Å². The molecule has 0 unspecified atom stereocenters. The number of benzene rings is 1. The Morgan fingerprint density at radius 2 is 2.20 bits per heavy atom. The molecule has 0 bridgehead atoms. The van der Waals surface area contributed by atoms with E-state index in [0.717, 1.165) is 12.0 Å². The van der Waals surface area contributed by atoms with Gasteiger partial charge in [-0.1, -0.05) is 6.07 Å². The topological polar surface area (TPSA) is 74.6 Å². The number of likely N-dealkylation sites (tertiary alicyclic amines) is 1. The van der Waals surface area contributed by atoms with Gasteiger partial charge in [0.2, 0.25) is 5.91 Å². The molecule has 1 fully saturated rings. The van der Waals surface area contributed by atoms with Crippen LogP contribution in [0.4, 0.5) is 14.9 Å². The van der Waals surface area contributed by atoms with Gasteiger partial charge in [0, 0.05) is 6.54 Å². The van der Waals surface area contributed by atoms with Gasteiger partial charge in [0.25, 0.3) is 0 Å². The fourth-order valence-corrected chi connectivity index (χ4v) is 2.91. The number of carbonyl (C=O) groups is 2. The van der Waals surface area contributed by atoms with E-state index in [1.807, 2.05) is 6.92 Å². The summed E-state index contributed by atoms with van der Waals surface area (Å²) in [5.41, 5.74) is 0.956. The number of carbonyl (C=O) groups excluding carboxylic acids is 2. The smallest absolute Gasteiger partial charge is 0.322 e. The van der Waals surface area contributed by atoms with E-state index in [-0.39, 0.29) is 18.1 Å². The molecule has 25 heavy (non-hydrogen) atoms. The quantitative estimate of drug-likeness (QED) is 0.894. The molecule has 0 radical (unpaired) electrons. The fourth-order valence-electron chi connectivity index (χ4n) is 2.91. The van der Waals surface area contributed by atoms with Crippen LogP contribution in [0.1, 0.15) is 24.2 Å². The van der Waals surface area contributed by atoms with E-state index < -0.39 is 17.9 Å². The lowest BCUT2D eigenvalue weighted by atomic mass is 10.2. The largest absolute Gasteiger partial charge is 0.467 e. The molecule has 1 aliphatic rings. The van der Waals surface area contributed by atoms with Crippen LogP contribution in [-0.2, 0) is 11.3 Å². The predicted molar refractivity (Wildman–Crippen MR) is 90.4 cm³/mol. The van der Waals surface area contributed by atoms with Crippen molar-refractivity contribution in [2.45, 2.75) is 32.4 Å². The summed E-state index contributed by atoms with van der Waals surface area (Å²) >= 11 is 0. The van der Waals surface area contributed by atoms with Gasteiger partial charge in [-0.05, 0) is 49.6 Å². The van der Waals surface area contributed by atoms with E-state index in [0.29, 0.717) is 18.7 Å². The molecular weight excluding hydrogens is 325 g/mol. The third kappa shape index (κ3) is 3.99. The molecule has 2 aromatic rings. The van der Waals surface area contributed by atoms with E-state index in [2.05, 4.69) is 10.6 Å². The number of amides is 3. The molecule has 1 atom stereocenters. The lowest BCUT2D eigenvalue weighted by Gasteiger charge is -2.24. The highest BCUT2D eigenvalue weighted by Gasteiger charge is 2.34. The van der Waals surface area contributed by atoms with Crippen molar-refractivity contribution in [3.63, 3.8) is 0 Å². The molecular formula is C18H20FN3O3. The standard InChI is InChI=1S/C18H20FN3O3/c1-12-6-7-14(19)15(10-12)21-18(24)22-8-2-5-16(22)17(23)20-11-13-4-3-9-25-13/h3-4,6-7,9-10,16H,2,5,8,11H2,1H3,(H,20,23)(H,21,24)/t16-/m0/s1. The number of nitrogens with one attached hydrogen (secondary N) is 2. The van der Waals surface area contributed by atoms with Crippen molar-refractivity contribution >= 4 is 17.6 Å². The van der Waals surface area contributed by atoms with E-state index in [1.54, 1.807) is 24.3 Å². The molecule has 1 saturated heterocycles. The van der Waals surface area contributed by atoms with Crippen molar-refractivity contribution in [2.75, 3.05) is 11.9 Å². The fraction of sp³-hybridized carbons (Fsp3) is 0.333. The number of aryl methyl sites for hydroxylation is 1. The van der Waals surface area contributed by atoms with Crippen LogP contribution in [0.25, 0.3) is 0 Å². The van der Waals surface area contributed by atoms with E-state index in [4.69, 9.17) is 4.42 Å². The zero-order valence-electron chi connectivity index (χ0n) is 13.9. The number of halogens is 1. The van der Waals surface area contributed by atoms with Crippen molar-refractivity contribution in [1.82, 2.24) is 10.2 Å². The van der Waals surface area contributed by atoms with Crippen LogP contribution in [0.2, 0.25) is 0 Å². The van der Waals surface area contributed by atoms with Crippen LogP contribution in [0.3, 0.4) is 0 Å². The molecule has 2 heterocycles. The maximum absolute atomic E-state index is 13.8. The Hall–Kier alpha value is -2.83. The average molecular weight is 345 g/mol. The maximum Gasteiger partial charge on any atom is 0.322 e. The highest BCUT2D eigenvalue weighted by Crippen LogP contribution is 2.21. The number of furan rings is 1. The van der Waals surface area contributed by atoms with Crippen molar-refractivity contribution in [2.24, 2.45) is 0 Å². The van der Waals surface area contributed by atoms with Gasteiger partial charge in [-0.3, -0.25) is 4.79 Å². The number of urea groups is 1. The second kappa shape index (κ2) is 7.38. The monoisotopic (exact) mass is 345 g/mol. The van der Waals surface area contributed by atoms with Gasteiger partial charge in [0.05, 0.1) is 18.5 Å². The molecule has 1 aromatic carbocycles. The van der Waals surface area contributed by atoms with Gasteiger partial charge in [-0.15, -0.1) is 0 Å². The summed E-state index contributed by atoms with van der Waals surface area (Å²) in [7, 11) is 0. The van der Waals surface area contributed by atoms with Crippen molar-refractivity contribution in [3.05, 3.63) is 53.7 Å². The molecule has 3 rings (SSSR count). The van der Waals surface area contributed by atoms with Crippen LogP contribution in [0.15, 0.2) is 41.0 Å². The zero-order valence-corrected chi connectivity index (χ0v) is 13.9. The average Bonchev–Trinajstić information content (AvgIpc) is 3.27. The predicted octanol–water partition coefficient (Wildman–Crippen LogP) is 3.04. The molecule has 0 saturated carbocycles. The Labute approximate surface area is 145 Å². The van der Waals surface area contributed by atoms with Crippen LogP contribution < -0.4 is 10.6 Å². The van der Waals surface area contributed by atoms with Gasteiger partial charge < -0.3 is 20.0 Å². The number of hydrogen-bond acceptors (Lipinski definition) is 3. The van der Waals surface area contributed by atoms with Gasteiger partial charge in [-0.25, -0.2) is 9.18 Å². The summed E-state index contributed by atoms with van der Waals surface area (Å²) in [6, 6.07) is 6.97. The van der Waals surface area contributed by atoms with Gasteiger partial charge in [-0.2, -0.15) is 0 Å². The molecule has 1 aromatic heterocycles. The second-order valence-corrected chi connectivity index (χ2v) is 6.06. The first kappa shape index (κ1) is 17.0. The summed E-state index contributed by atoms with van der Waals surface area (Å²) in [5, 5.41) is 5.33. The highest BCUT2D eigenvalue weighted by molar-refractivity contribution is 5.94. The molecule has 6 nitrogen and oxygen atoms in total. The Bertz CT molecular complexity index is 761. The second-order valence-electron chi connectivity index (χ2n) is 6.06. The summed E-state index contributed by atoms with van der Waals surface area (Å²) < 4.78 is 19.0. The zero-order chi connectivity index (χ0) is 17.8. The molecule has 0 spiro atoms. The van der Waals surface area contributed by atoms with E-state index >= 15 is 0 Å². The molecule has 3 amide bonds. The molecule has 1 aliphatic heterocycles. The molecule has 7 heteroatoms. The lowest BCUT2D eigenvalue weighted by molar-refractivity contribution is -0.124. The van der Waals surface area contributed by atoms with Crippen molar-refractivity contribution < 1.29 is 18.4 Å². The summed E-state index contributed by atoms with van der Waals surface area (Å²) in [6.45, 7) is 2.54. The third-order valence-electron chi connectivity index (χ3n) is 4.20. The van der Waals surface area contributed by atoms with Gasteiger partial charge in [0.1, 0.15) is 17.6 Å². The van der Waals surface area contributed by atoms with Crippen LogP contribution in [-0.4, -0.2) is 29.4 Å². The van der Waals surface area contributed by atoms with E-state index in [9.17, 15) is 14.0 Å². The first-order chi connectivity index (χ1) is 12.0. The minimum atomic E-state index is -0.567. The SMILES string of the molecule is Cc1ccc(F)c(NC(=O)N2CCC[C@H]2C(=O)NCc2ccco2)c1. The maximum atomic E-state index is 13.8. The molecule has 132 valence electrons. The number of hydrogen-bond donors (Lipinski definition) is 2. The summed E-state index contributed by atoms with van der Waals surface area (Å²) in [4.78, 5) is 26.3. The first-order valence-electron chi connectivity index (χ1n) is 8.18. The highest BCUT2D eigenvalue weighted by atomic mass is 19.1. The van der Waals surface area contributed by atoms with Crippen LogP contribution in [0.5, 0.6) is 0 Å². The Kier molecular flexibility index (Phi) is 5.02. The normalized spacial score (nSPS) is 16.7. The molecule has 0 aliphatic carbocycles. The van der Waals surface area contributed by atoms with Crippen molar-refractivity contribution in [1.29, 1.82) is 0 Å². The minimum absolute atomic E-state index is 0.117. The number of nitrogens with zero attached hydrogens (tertiary/aromatic N) is 1. The van der Waals surface area contributed by atoms with Crippen LogP contribution in [0, 0.1) is 12.7 Å². The van der Waals surface area contributed by atoms with E-state index in [1.165, 1.54) is 17.2 Å². The number of rotatable bonds is 4. The summed E-state index contributed by atoms with van der Waals surface area (Å²) in [5.74, 6) is -0.102.